The number of anilines is 2. The summed E-state index contributed by atoms with van der Waals surface area (Å²) in [7, 11) is 1.54. The van der Waals surface area contributed by atoms with Crippen molar-refractivity contribution in [3.63, 3.8) is 0 Å². The molecule has 13 nitrogen and oxygen atoms in total. The first kappa shape index (κ1) is 40.2. The van der Waals surface area contributed by atoms with Crippen LogP contribution in [0.3, 0.4) is 0 Å². The molecular weight excluding hydrogens is 798 g/mol. The summed E-state index contributed by atoms with van der Waals surface area (Å²) in [5.41, 5.74) is 1.24. The molecule has 298 valence electrons. The molecule has 57 heavy (non-hydrogen) atoms. The number of piperidine rings is 2. The molecule has 5 amide bonds. The van der Waals surface area contributed by atoms with E-state index in [4.69, 9.17) is 32.7 Å². The molecular formula is C40H39Cl2FN6O7S. The minimum Gasteiger partial charge on any atom is -0.493 e. The number of hydrogen-bond donors (Lipinski definition) is 2. The molecule has 4 heterocycles. The summed E-state index contributed by atoms with van der Waals surface area (Å²) < 4.78 is 26.8. The van der Waals surface area contributed by atoms with Gasteiger partial charge in [0.15, 0.2) is 17.3 Å². The highest BCUT2D eigenvalue weighted by Crippen LogP contribution is 2.38. The Hall–Kier alpha value is -4.99. The number of halogens is 3. The Morgan fingerprint density at radius 1 is 0.982 bits per heavy atom. The van der Waals surface area contributed by atoms with Crippen molar-refractivity contribution in [2.45, 2.75) is 74.8 Å². The number of methoxy groups -OCH3 is 1. The van der Waals surface area contributed by atoms with Gasteiger partial charge >= 0.3 is 0 Å². The predicted octanol–water partition coefficient (Wildman–Crippen LogP) is 7.34. The fourth-order valence-corrected chi connectivity index (χ4v) is 8.64. The van der Waals surface area contributed by atoms with Gasteiger partial charge in [0.1, 0.15) is 24.3 Å². The van der Waals surface area contributed by atoms with Crippen molar-refractivity contribution < 1.29 is 37.8 Å². The molecule has 4 aromatic rings. The molecule has 2 saturated heterocycles. The Kier molecular flexibility index (Phi) is 12.5. The van der Waals surface area contributed by atoms with E-state index in [0.29, 0.717) is 71.0 Å². The number of nitrogens with one attached hydrogen (secondary N) is 2. The van der Waals surface area contributed by atoms with Gasteiger partial charge < -0.3 is 19.7 Å². The summed E-state index contributed by atoms with van der Waals surface area (Å²) >= 11 is 13.5. The molecule has 3 aromatic carbocycles. The van der Waals surface area contributed by atoms with Crippen molar-refractivity contribution in [3.8, 4) is 11.5 Å². The number of amides is 5. The van der Waals surface area contributed by atoms with Crippen LogP contribution in [-0.4, -0.2) is 87.4 Å². The van der Waals surface area contributed by atoms with Crippen molar-refractivity contribution in [1.82, 2.24) is 25.1 Å². The number of benzene rings is 3. The first-order chi connectivity index (χ1) is 27.5. The number of hydrogen-bond acceptors (Lipinski definition) is 11. The molecule has 3 aliphatic rings. The van der Waals surface area contributed by atoms with Crippen LogP contribution in [0.4, 0.5) is 15.9 Å². The van der Waals surface area contributed by atoms with Gasteiger partial charge in [-0.15, -0.1) is 11.8 Å². The average Bonchev–Trinajstić information content (AvgIpc) is 3.46. The number of fused-ring (bicyclic) bond motifs is 2. The average molecular weight is 838 g/mol. The third kappa shape index (κ3) is 8.65. The van der Waals surface area contributed by atoms with E-state index in [0.717, 1.165) is 36.3 Å². The van der Waals surface area contributed by atoms with E-state index in [1.54, 1.807) is 37.4 Å². The number of rotatable bonds is 14. The Balaban J connectivity index is 0.851. The van der Waals surface area contributed by atoms with E-state index in [-0.39, 0.29) is 46.1 Å². The lowest BCUT2D eigenvalue weighted by molar-refractivity contribution is -0.136. The predicted molar refractivity (Wildman–Crippen MR) is 213 cm³/mol. The normalized spacial score (nSPS) is 17.2. The smallest absolute Gasteiger partial charge is 0.263 e. The van der Waals surface area contributed by atoms with Crippen LogP contribution >= 0.6 is 35.0 Å². The number of nitrogens with zero attached hydrogens (tertiary/aromatic N) is 4. The van der Waals surface area contributed by atoms with Crippen LogP contribution in [0.25, 0.3) is 10.9 Å². The van der Waals surface area contributed by atoms with Crippen molar-refractivity contribution in [2.24, 2.45) is 0 Å². The summed E-state index contributed by atoms with van der Waals surface area (Å²) in [5.74, 6) is -0.630. The number of ether oxygens (including phenoxy) is 2. The minimum absolute atomic E-state index is 0.0698. The molecule has 0 spiro atoms. The van der Waals surface area contributed by atoms with Crippen LogP contribution in [0.15, 0.2) is 53.7 Å². The SMILES string of the molecule is COc1cc2ncnc(Nc3ccc(Cl)c(Cl)c3F)c2cc1OC1CCN(C(=O)CCCCCCSc2cccc3c2C(=O)N(C2CCC(=O)NC2=O)C3=O)CC1. The van der Waals surface area contributed by atoms with E-state index in [1.807, 2.05) is 4.90 Å². The van der Waals surface area contributed by atoms with Gasteiger partial charge in [0.05, 0.1) is 39.5 Å². The highest BCUT2D eigenvalue weighted by Gasteiger charge is 2.45. The van der Waals surface area contributed by atoms with Gasteiger partial charge in [-0.2, -0.15) is 0 Å². The van der Waals surface area contributed by atoms with Crippen LogP contribution in [0.2, 0.25) is 10.0 Å². The summed E-state index contributed by atoms with van der Waals surface area (Å²) in [4.78, 5) is 75.7. The van der Waals surface area contributed by atoms with Gasteiger partial charge in [-0.25, -0.2) is 14.4 Å². The van der Waals surface area contributed by atoms with E-state index in [2.05, 4.69) is 20.6 Å². The highest BCUT2D eigenvalue weighted by molar-refractivity contribution is 7.99. The molecule has 0 bridgehead atoms. The van der Waals surface area contributed by atoms with Crippen LogP contribution in [0.1, 0.15) is 78.5 Å². The number of thioether (sulfide) groups is 1. The van der Waals surface area contributed by atoms with E-state index >= 15 is 0 Å². The van der Waals surface area contributed by atoms with E-state index in [1.165, 1.54) is 30.2 Å². The summed E-state index contributed by atoms with van der Waals surface area (Å²) in [5, 5.41) is 5.69. The van der Waals surface area contributed by atoms with Crippen molar-refractivity contribution in [3.05, 3.63) is 75.8 Å². The van der Waals surface area contributed by atoms with Crippen molar-refractivity contribution in [1.29, 1.82) is 0 Å². The lowest BCUT2D eigenvalue weighted by Gasteiger charge is -2.32. The number of carbonyl (C=O) groups excluding carboxylic acids is 5. The quantitative estimate of drug-likeness (QED) is 0.0566. The molecule has 1 atom stereocenters. The third-order valence-electron chi connectivity index (χ3n) is 10.3. The molecule has 1 aromatic heterocycles. The number of carbonyl (C=O) groups is 5. The fourth-order valence-electron chi connectivity index (χ4n) is 7.24. The largest absolute Gasteiger partial charge is 0.493 e. The summed E-state index contributed by atoms with van der Waals surface area (Å²) in [6.45, 7) is 1.12. The Morgan fingerprint density at radius 3 is 2.54 bits per heavy atom. The number of likely N-dealkylation sites (tertiary alicyclic amines) is 1. The van der Waals surface area contributed by atoms with Crippen LogP contribution in [0, 0.1) is 5.82 Å². The van der Waals surface area contributed by atoms with E-state index < -0.39 is 35.5 Å². The topological polar surface area (TPSA) is 160 Å². The van der Waals surface area contributed by atoms with Gasteiger partial charge in [0.25, 0.3) is 11.8 Å². The Morgan fingerprint density at radius 2 is 1.77 bits per heavy atom. The fraction of sp³-hybridized carbons (Fsp3) is 0.375. The van der Waals surface area contributed by atoms with E-state index in [9.17, 15) is 28.4 Å². The zero-order chi connectivity index (χ0) is 40.2. The van der Waals surface area contributed by atoms with Gasteiger partial charge in [0.2, 0.25) is 17.7 Å². The van der Waals surface area contributed by atoms with Crippen LogP contribution < -0.4 is 20.1 Å². The first-order valence-electron chi connectivity index (χ1n) is 18.7. The second-order valence-electron chi connectivity index (χ2n) is 13.9. The molecule has 3 aliphatic heterocycles. The summed E-state index contributed by atoms with van der Waals surface area (Å²) in [6, 6.07) is 10.6. The summed E-state index contributed by atoms with van der Waals surface area (Å²) in [6.07, 6.45) is 6.50. The molecule has 0 radical (unpaired) electrons. The lowest BCUT2D eigenvalue weighted by atomic mass is 10.0. The minimum atomic E-state index is -0.999. The van der Waals surface area contributed by atoms with Gasteiger partial charge in [-0.3, -0.25) is 34.2 Å². The molecule has 1 unspecified atom stereocenters. The molecule has 17 heteroatoms. The maximum Gasteiger partial charge on any atom is 0.263 e. The van der Waals surface area contributed by atoms with Gasteiger partial charge in [0, 0.05) is 55.1 Å². The maximum atomic E-state index is 14.8. The number of imide groups is 2. The zero-order valence-corrected chi connectivity index (χ0v) is 33.3. The Labute approximate surface area is 341 Å². The molecule has 7 rings (SSSR count). The monoisotopic (exact) mass is 836 g/mol. The standard InChI is InChI=1S/C40H39Cl2FN6O7S/c1-55-29-20-27-24(37(45-21-44-27)46-26-11-10-25(41)35(42)36(26)43)19-30(29)56-22-14-16-48(17-15-22)33(51)9-4-2-3-5-18-57-31-8-6-7-23-34(31)40(54)49(39(23)53)28-12-13-32(50)47-38(28)52/h6-8,10-11,19-22,28H,2-5,9,12-18H2,1H3,(H,44,45,46)(H,47,50,52). The number of unbranched alkanes of at least 4 members (excludes halogenated alkanes) is 3. The second kappa shape index (κ2) is 17.7. The molecule has 2 fully saturated rings. The first-order valence-corrected chi connectivity index (χ1v) is 20.4. The Bertz CT molecular complexity index is 2260. The number of aromatic nitrogens is 2. The second-order valence-corrected chi connectivity index (χ2v) is 15.8. The van der Waals surface area contributed by atoms with Gasteiger partial charge in [-0.1, -0.05) is 42.1 Å². The van der Waals surface area contributed by atoms with Crippen molar-refractivity contribution in [2.75, 3.05) is 31.3 Å². The molecule has 0 aliphatic carbocycles. The third-order valence-corrected chi connectivity index (χ3v) is 12.2. The lowest BCUT2D eigenvalue weighted by Crippen LogP contribution is -2.54. The van der Waals surface area contributed by atoms with Crippen LogP contribution in [0.5, 0.6) is 11.5 Å². The van der Waals surface area contributed by atoms with Crippen molar-refractivity contribution >= 4 is 86.9 Å². The maximum absolute atomic E-state index is 14.8. The van der Waals surface area contributed by atoms with Crippen LogP contribution in [-0.2, 0) is 14.4 Å². The zero-order valence-electron chi connectivity index (χ0n) is 30.9. The highest BCUT2D eigenvalue weighted by atomic mass is 35.5. The molecule has 0 saturated carbocycles. The molecule has 2 N–H and O–H groups in total. The van der Waals surface area contributed by atoms with Gasteiger partial charge in [-0.05, 0) is 55.3 Å².